The van der Waals surface area contributed by atoms with Crippen LogP contribution in [-0.4, -0.2) is 24.0 Å². The van der Waals surface area contributed by atoms with E-state index in [9.17, 15) is 5.26 Å². The number of nitrogens with zero attached hydrogens (tertiary/aromatic N) is 2. The molecule has 0 bridgehead atoms. The lowest BCUT2D eigenvalue weighted by atomic mass is 9.93. The molecule has 0 aromatic rings. The van der Waals surface area contributed by atoms with E-state index in [2.05, 4.69) is 31.9 Å². The molecule has 0 amide bonds. The largest absolute Gasteiger partial charge is 0.299 e. The van der Waals surface area contributed by atoms with Gasteiger partial charge in [0.2, 0.25) is 0 Å². The molecule has 0 saturated heterocycles. The lowest BCUT2D eigenvalue weighted by Gasteiger charge is -2.35. The highest BCUT2D eigenvalue weighted by Crippen LogP contribution is 2.28. The molecule has 92 valence electrons. The van der Waals surface area contributed by atoms with Gasteiger partial charge in [-0.15, -0.1) is 0 Å². The van der Waals surface area contributed by atoms with E-state index in [0.29, 0.717) is 12.1 Å². The van der Waals surface area contributed by atoms with E-state index in [4.69, 9.17) is 0 Å². The van der Waals surface area contributed by atoms with Crippen molar-refractivity contribution in [2.24, 2.45) is 5.92 Å². The quantitative estimate of drug-likeness (QED) is 0.680. The van der Waals surface area contributed by atoms with E-state index in [1.54, 1.807) is 0 Å². The van der Waals surface area contributed by atoms with Crippen molar-refractivity contribution in [1.29, 1.82) is 5.26 Å². The van der Waals surface area contributed by atoms with Crippen LogP contribution in [0.3, 0.4) is 0 Å². The molecule has 16 heavy (non-hydrogen) atoms. The fourth-order valence-electron chi connectivity index (χ4n) is 2.87. The number of rotatable bonds is 4. The van der Waals surface area contributed by atoms with Crippen molar-refractivity contribution in [2.45, 2.75) is 70.9 Å². The molecule has 3 atom stereocenters. The Hall–Kier alpha value is -0.550. The molecule has 3 unspecified atom stereocenters. The van der Waals surface area contributed by atoms with E-state index in [1.165, 1.54) is 38.5 Å². The zero-order valence-electron chi connectivity index (χ0n) is 11.1. The first-order chi connectivity index (χ1) is 7.70. The van der Waals surface area contributed by atoms with Crippen molar-refractivity contribution >= 4 is 0 Å². The highest BCUT2D eigenvalue weighted by atomic mass is 15.2. The van der Waals surface area contributed by atoms with Crippen molar-refractivity contribution in [3.8, 4) is 6.07 Å². The van der Waals surface area contributed by atoms with Gasteiger partial charge >= 0.3 is 0 Å². The summed E-state index contributed by atoms with van der Waals surface area (Å²) < 4.78 is 0. The van der Waals surface area contributed by atoms with E-state index >= 15 is 0 Å². The number of hydrogen-bond acceptors (Lipinski definition) is 2. The summed E-state index contributed by atoms with van der Waals surface area (Å²) in [6.45, 7) is 4.53. The molecule has 0 aromatic carbocycles. The summed E-state index contributed by atoms with van der Waals surface area (Å²) in [5.74, 6) is 0.256. The molecule has 0 N–H and O–H groups in total. The average molecular weight is 222 g/mol. The van der Waals surface area contributed by atoms with Gasteiger partial charge < -0.3 is 0 Å². The van der Waals surface area contributed by atoms with Gasteiger partial charge in [-0.25, -0.2) is 0 Å². The molecule has 1 fully saturated rings. The maximum atomic E-state index is 9.27. The van der Waals surface area contributed by atoms with Crippen LogP contribution in [0.15, 0.2) is 0 Å². The first-order valence-electron chi connectivity index (χ1n) is 6.82. The Morgan fingerprint density at radius 3 is 2.62 bits per heavy atom. The normalized spacial score (nSPS) is 28.4. The van der Waals surface area contributed by atoms with E-state index in [-0.39, 0.29) is 5.92 Å². The van der Waals surface area contributed by atoms with Gasteiger partial charge in [0.15, 0.2) is 0 Å². The topological polar surface area (TPSA) is 27.0 Å². The lowest BCUT2D eigenvalue weighted by Crippen LogP contribution is -2.42. The average Bonchev–Trinajstić information content (AvgIpc) is 2.53. The molecule has 1 rings (SSSR count). The maximum absolute atomic E-state index is 9.27. The maximum Gasteiger partial charge on any atom is 0.0672 e. The second kappa shape index (κ2) is 6.91. The third-order valence-electron chi connectivity index (χ3n) is 4.07. The number of nitriles is 1. The van der Waals surface area contributed by atoms with Crippen molar-refractivity contribution in [2.75, 3.05) is 7.05 Å². The van der Waals surface area contributed by atoms with Crippen LogP contribution in [0.25, 0.3) is 0 Å². The monoisotopic (exact) mass is 222 g/mol. The first-order valence-corrected chi connectivity index (χ1v) is 6.82. The Morgan fingerprint density at radius 1 is 1.31 bits per heavy atom. The number of hydrogen-bond donors (Lipinski definition) is 0. The van der Waals surface area contributed by atoms with Crippen LogP contribution in [0.2, 0.25) is 0 Å². The fraction of sp³-hybridized carbons (Fsp3) is 0.929. The van der Waals surface area contributed by atoms with Gasteiger partial charge in [-0.3, -0.25) is 4.90 Å². The lowest BCUT2D eigenvalue weighted by molar-refractivity contribution is 0.137. The third-order valence-corrected chi connectivity index (χ3v) is 4.07. The van der Waals surface area contributed by atoms with Crippen LogP contribution < -0.4 is 0 Å². The minimum Gasteiger partial charge on any atom is -0.299 e. The van der Waals surface area contributed by atoms with E-state index in [0.717, 1.165) is 6.42 Å². The van der Waals surface area contributed by atoms with Crippen molar-refractivity contribution < 1.29 is 0 Å². The molecule has 1 aliphatic carbocycles. The molecule has 0 radical (unpaired) electrons. The Balaban J connectivity index is 2.62. The summed E-state index contributed by atoms with van der Waals surface area (Å²) in [6, 6.07) is 3.64. The van der Waals surface area contributed by atoms with E-state index < -0.39 is 0 Å². The smallest absolute Gasteiger partial charge is 0.0672 e. The minimum atomic E-state index is 0.256. The Kier molecular flexibility index (Phi) is 5.84. The SMILES string of the molecule is CCCC(C)N(C)C1CCCCCC1C#N. The van der Waals surface area contributed by atoms with Crippen molar-refractivity contribution in [1.82, 2.24) is 4.90 Å². The zero-order chi connectivity index (χ0) is 12.0. The molecule has 1 aliphatic rings. The first kappa shape index (κ1) is 13.5. The molecule has 0 spiro atoms. The van der Waals surface area contributed by atoms with Crippen LogP contribution in [-0.2, 0) is 0 Å². The van der Waals surface area contributed by atoms with Gasteiger partial charge in [0.05, 0.1) is 12.0 Å². The summed E-state index contributed by atoms with van der Waals surface area (Å²) >= 11 is 0. The molecule has 0 heterocycles. The van der Waals surface area contributed by atoms with Crippen molar-refractivity contribution in [3.05, 3.63) is 0 Å². The highest BCUT2D eigenvalue weighted by Gasteiger charge is 2.28. The van der Waals surface area contributed by atoms with Crippen LogP contribution in [0, 0.1) is 17.2 Å². The second-order valence-corrected chi connectivity index (χ2v) is 5.24. The van der Waals surface area contributed by atoms with Gasteiger partial charge in [-0.2, -0.15) is 5.26 Å². The van der Waals surface area contributed by atoms with Crippen molar-refractivity contribution in [3.63, 3.8) is 0 Å². The predicted octanol–water partition coefficient (Wildman–Crippen LogP) is 3.58. The molecule has 2 heteroatoms. The summed E-state index contributed by atoms with van der Waals surface area (Å²) in [4.78, 5) is 2.46. The predicted molar refractivity (Wildman–Crippen MR) is 68.1 cm³/mol. The zero-order valence-corrected chi connectivity index (χ0v) is 11.1. The molecule has 0 aromatic heterocycles. The molecular weight excluding hydrogens is 196 g/mol. The minimum absolute atomic E-state index is 0.256. The van der Waals surface area contributed by atoms with Gasteiger partial charge in [-0.1, -0.05) is 32.6 Å². The van der Waals surface area contributed by atoms with Gasteiger partial charge in [0, 0.05) is 12.1 Å². The fourth-order valence-corrected chi connectivity index (χ4v) is 2.87. The Labute approximate surface area is 101 Å². The summed E-state index contributed by atoms with van der Waals surface area (Å²) in [5, 5.41) is 9.27. The Bertz CT molecular complexity index is 231. The third kappa shape index (κ3) is 3.49. The van der Waals surface area contributed by atoms with Crippen LogP contribution in [0.5, 0.6) is 0 Å². The van der Waals surface area contributed by atoms with E-state index in [1.807, 2.05) is 0 Å². The van der Waals surface area contributed by atoms with Gasteiger partial charge in [0.1, 0.15) is 0 Å². The van der Waals surface area contributed by atoms with Crippen LogP contribution in [0.4, 0.5) is 0 Å². The van der Waals surface area contributed by atoms with Crippen LogP contribution in [0.1, 0.15) is 58.8 Å². The summed E-state index contributed by atoms with van der Waals surface area (Å²) in [5.41, 5.74) is 0. The molecule has 2 nitrogen and oxygen atoms in total. The summed E-state index contributed by atoms with van der Waals surface area (Å²) in [6.07, 6.45) is 8.63. The van der Waals surface area contributed by atoms with Crippen LogP contribution >= 0.6 is 0 Å². The standard InChI is InChI=1S/C14H26N2/c1-4-8-12(2)16(3)14-10-7-5-6-9-13(14)11-15/h12-14H,4-10H2,1-3H3. The molecule has 0 aliphatic heterocycles. The summed E-state index contributed by atoms with van der Waals surface area (Å²) in [7, 11) is 2.21. The molecular formula is C14H26N2. The molecule has 1 saturated carbocycles. The Morgan fingerprint density at radius 2 is 2.00 bits per heavy atom. The van der Waals surface area contributed by atoms with Gasteiger partial charge in [0.25, 0.3) is 0 Å². The highest BCUT2D eigenvalue weighted by molar-refractivity contribution is 4.94. The van der Waals surface area contributed by atoms with Gasteiger partial charge in [-0.05, 0) is 33.2 Å². The second-order valence-electron chi connectivity index (χ2n) is 5.24.